The smallest absolute Gasteiger partial charge is 0.119 e. The van der Waals surface area contributed by atoms with Crippen molar-refractivity contribution in [1.29, 1.82) is 0 Å². The third-order valence-corrected chi connectivity index (χ3v) is 3.26. The van der Waals surface area contributed by atoms with Gasteiger partial charge in [0.25, 0.3) is 0 Å². The van der Waals surface area contributed by atoms with Gasteiger partial charge in [-0.05, 0) is 42.8 Å². The Kier molecular flexibility index (Phi) is 3.92. The molecule has 0 N–H and O–H groups in total. The lowest BCUT2D eigenvalue weighted by molar-refractivity contribution is 0.303. The summed E-state index contributed by atoms with van der Waals surface area (Å²) in [5.74, 6) is 1.82. The van der Waals surface area contributed by atoms with Crippen LogP contribution in [0, 0.1) is 0 Å². The van der Waals surface area contributed by atoms with Gasteiger partial charge in [0.1, 0.15) is 11.5 Å². The van der Waals surface area contributed by atoms with Crippen molar-refractivity contribution in [3.8, 4) is 5.75 Å². The van der Waals surface area contributed by atoms with Crippen LogP contribution in [0.3, 0.4) is 0 Å². The normalized spacial score (nSPS) is 18.2. The summed E-state index contributed by atoms with van der Waals surface area (Å²) in [5, 5.41) is 0. The molecule has 18 heavy (non-hydrogen) atoms. The zero-order valence-corrected chi connectivity index (χ0v) is 11.1. The number of nitrogens with zero attached hydrogens (tertiary/aromatic N) is 1. The van der Waals surface area contributed by atoms with Gasteiger partial charge in [-0.1, -0.05) is 6.08 Å². The van der Waals surface area contributed by atoms with Crippen LogP contribution >= 0.6 is 0 Å². The van der Waals surface area contributed by atoms with E-state index in [0.29, 0.717) is 6.04 Å². The van der Waals surface area contributed by atoms with Crippen molar-refractivity contribution < 1.29 is 9.47 Å². The van der Waals surface area contributed by atoms with Crippen LogP contribution < -0.4 is 9.64 Å². The van der Waals surface area contributed by atoms with Gasteiger partial charge >= 0.3 is 0 Å². The van der Waals surface area contributed by atoms with E-state index in [1.807, 2.05) is 18.2 Å². The SMILES string of the molecule is COC1=CCC(N(C)c2ccc(OC)cc2)C=C1. The highest BCUT2D eigenvalue weighted by Gasteiger charge is 2.14. The number of hydrogen-bond donors (Lipinski definition) is 0. The van der Waals surface area contributed by atoms with E-state index in [4.69, 9.17) is 9.47 Å². The third kappa shape index (κ3) is 2.67. The van der Waals surface area contributed by atoms with Crippen molar-refractivity contribution >= 4 is 5.69 Å². The summed E-state index contributed by atoms with van der Waals surface area (Å²) < 4.78 is 10.4. The van der Waals surface area contributed by atoms with Crippen LogP contribution in [0.1, 0.15) is 6.42 Å². The molecule has 1 aliphatic carbocycles. The van der Waals surface area contributed by atoms with Gasteiger partial charge in [0.15, 0.2) is 0 Å². The molecule has 0 radical (unpaired) electrons. The van der Waals surface area contributed by atoms with Gasteiger partial charge in [0.05, 0.1) is 20.3 Å². The van der Waals surface area contributed by atoms with E-state index in [-0.39, 0.29) is 0 Å². The molecule has 0 aliphatic heterocycles. The van der Waals surface area contributed by atoms with Crippen LogP contribution in [0.4, 0.5) is 5.69 Å². The molecule has 1 unspecified atom stereocenters. The van der Waals surface area contributed by atoms with Gasteiger partial charge in [-0.15, -0.1) is 0 Å². The molecule has 0 bridgehead atoms. The Balaban J connectivity index is 2.05. The Morgan fingerprint density at radius 2 is 1.83 bits per heavy atom. The number of allylic oxidation sites excluding steroid dienone is 1. The molecule has 1 aromatic rings. The molecule has 0 spiro atoms. The largest absolute Gasteiger partial charge is 0.497 e. The Bertz CT molecular complexity index is 448. The van der Waals surface area contributed by atoms with E-state index < -0.39 is 0 Å². The molecule has 3 heteroatoms. The first-order chi connectivity index (χ1) is 8.74. The summed E-state index contributed by atoms with van der Waals surface area (Å²) in [4.78, 5) is 2.25. The number of methoxy groups -OCH3 is 2. The number of likely N-dealkylation sites (N-methyl/N-ethyl adjacent to an activating group) is 1. The lowest BCUT2D eigenvalue weighted by atomic mass is 10.1. The molecule has 1 atom stereocenters. The second-order valence-electron chi connectivity index (χ2n) is 4.28. The molecule has 0 saturated heterocycles. The molecule has 1 aromatic carbocycles. The van der Waals surface area contributed by atoms with Crippen LogP contribution in [0.2, 0.25) is 0 Å². The number of anilines is 1. The highest BCUT2D eigenvalue weighted by atomic mass is 16.5. The maximum Gasteiger partial charge on any atom is 0.119 e. The minimum atomic E-state index is 0.372. The van der Waals surface area contributed by atoms with Crippen LogP contribution in [0.5, 0.6) is 5.75 Å². The predicted molar refractivity (Wildman–Crippen MR) is 74.0 cm³/mol. The molecular weight excluding hydrogens is 226 g/mol. The standard InChI is InChI=1S/C15H19NO2/c1-16(12-4-8-14(17-2)9-5-12)13-6-10-15(18-3)11-7-13/h4-6,8-11,13H,7H2,1-3H3. The molecule has 0 aromatic heterocycles. The molecular formula is C15H19NO2. The molecule has 0 saturated carbocycles. The number of benzene rings is 1. The fourth-order valence-electron chi connectivity index (χ4n) is 2.04. The summed E-state index contributed by atoms with van der Waals surface area (Å²) in [6.07, 6.45) is 7.27. The van der Waals surface area contributed by atoms with Gasteiger partial charge in [0, 0.05) is 12.7 Å². The van der Waals surface area contributed by atoms with Crippen LogP contribution in [-0.4, -0.2) is 27.3 Å². The molecule has 0 heterocycles. The summed E-state index contributed by atoms with van der Waals surface area (Å²) in [5.41, 5.74) is 1.18. The van der Waals surface area contributed by atoms with E-state index in [1.54, 1.807) is 14.2 Å². The maximum absolute atomic E-state index is 5.19. The number of rotatable bonds is 4. The maximum atomic E-state index is 5.19. The lowest BCUT2D eigenvalue weighted by Gasteiger charge is -2.29. The van der Waals surface area contributed by atoms with Crippen molar-refractivity contribution in [2.75, 3.05) is 26.2 Å². The van der Waals surface area contributed by atoms with Gasteiger partial charge in [-0.25, -0.2) is 0 Å². The van der Waals surface area contributed by atoms with E-state index in [1.165, 1.54) is 5.69 Å². The zero-order valence-electron chi connectivity index (χ0n) is 11.1. The van der Waals surface area contributed by atoms with Crippen LogP contribution in [0.25, 0.3) is 0 Å². The molecule has 0 amide bonds. The molecule has 0 fully saturated rings. The molecule has 2 rings (SSSR count). The fourth-order valence-corrected chi connectivity index (χ4v) is 2.04. The van der Waals surface area contributed by atoms with Crippen LogP contribution in [-0.2, 0) is 4.74 Å². The lowest BCUT2D eigenvalue weighted by Crippen LogP contribution is -2.30. The molecule has 96 valence electrons. The summed E-state index contributed by atoms with van der Waals surface area (Å²) >= 11 is 0. The van der Waals surface area contributed by atoms with Crippen molar-refractivity contribution in [2.24, 2.45) is 0 Å². The van der Waals surface area contributed by atoms with Gasteiger partial charge in [0.2, 0.25) is 0 Å². The second-order valence-corrected chi connectivity index (χ2v) is 4.28. The van der Waals surface area contributed by atoms with E-state index in [9.17, 15) is 0 Å². The van der Waals surface area contributed by atoms with E-state index >= 15 is 0 Å². The minimum Gasteiger partial charge on any atom is -0.497 e. The van der Waals surface area contributed by atoms with Crippen molar-refractivity contribution in [1.82, 2.24) is 0 Å². The zero-order chi connectivity index (χ0) is 13.0. The average Bonchev–Trinajstić information content (AvgIpc) is 2.47. The van der Waals surface area contributed by atoms with E-state index in [2.05, 4.69) is 36.2 Å². The average molecular weight is 245 g/mol. The van der Waals surface area contributed by atoms with Gasteiger partial charge in [-0.2, -0.15) is 0 Å². The fraction of sp³-hybridized carbons (Fsp3) is 0.333. The number of ether oxygens (including phenoxy) is 2. The number of hydrogen-bond acceptors (Lipinski definition) is 3. The third-order valence-electron chi connectivity index (χ3n) is 3.26. The summed E-state index contributed by atoms with van der Waals surface area (Å²) in [7, 11) is 5.48. The molecule has 3 nitrogen and oxygen atoms in total. The Hall–Kier alpha value is -1.90. The van der Waals surface area contributed by atoms with Crippen molar-refractivity contribution in [2.45, 2.75) is 12.5 Å². The Morgan fingerprint density at radius 3 is 2.33 bits per heavy atom. The Labute approximate surface area is 108 Å². The summed E-state index contributed by atoms with van der Waals surface area (Å²) in [6.45, 7) is 0. The Morgan fingerprint density at radius 1 is 1.11 bits per heavy atom. The highest BCUT2D eigenvalue weighted by Crippen LogP contribution is 2.23. The predicted octanol–water partition coefficient (Wildman–Crippen LogP) is 2.99. The second kappa shape index (κ2) is 5.63. The van der Waals surface area contributed by atoms with Gasteiger partial charge < -0.3 is 14.4 Å². The monoisotopic (exact) mass is 245 g/mol. The minimum absolute atomic E-state index is 0.372. The van der Waals surface area contributed by atoms with E-state index in [0.717, 1.165) is 17.9 Å². The first-order valence-electron chi connectivity index (χ1n) is 6.04. The molecule has 1 aliphatic rings. The topological polar surface area (TPSA) is 21.7 Å². The first kappa shape index (κ1) is 12.6. The quantitative estimate of drug-likeness (QED) is 0.814. The van der Waals surface area contributed by atoms with Crippen molar-refractivity contribution in [3.63, 3.8) is 0 Å². The van der Waals surface area contributed by atoms with Crippen molar-refractivity contribution in [3.05, 3.63) is 48.3 Å². The highest BCUT2D eigenvalue weighted by molar-refractivity contribution is 5.50. The summed E-state index contributed by atoms with van der Waals surface area (Å²) in [6, 6.07) is 8.48. The van der Waals surface area contributed by atoms with Gasteiger partial charge in [-0.3, -0.25) is 0 Å². The van der Waals surface area contributed by atoms with Crippen LogP contribution in [0.15, 0.2) is 48.3 Å². The first-order valence-corrected chi connectivity index (χ1v) is 6.04.